The van der Waals surface area contributed by atoms with Gasteiger partial charge in [-0.2, -0.15) is 0 Å². The fourth-order valence-electron chi connectivity index (χ4n) is 3.65. The van der Waals surface area contributed by atoms with E-state index in [2.05, 4.69) is 0 Å². The van der Waals surface area contributed by atoms with E-state index in [0.29, 0.717) is 13.2 Å². The van der Waals surface area contributed by atoms with E-state index in [-0.39, 0.29) is 12.7 Å². The summed E-state index contributed by atoms with van der Waals surface area (Å²) in [7, 11) is 1.64. The average Bonchev–Trinajstić information content (AvgIpc) is 3.19. The maximum atomic E-state index is 10.7. The molecule has 0 aliphatic heterocycles. The van der Waals surface area contributed by atoms with Crippen LogP contribution in [0.2, 0.25) is 0 Å². The molecule has 0 spiro atoms. The van der Waals surface area contributed by atoms with Crippen molar-refractivity contribution in [2.45, 2.75) is 32.3 Å². The van der Waals surface area contributed by atoms with Crippen LogP contribution in [-0.4, -0.2) is 34.5 Å². The van der Waals surface area contributed by atoms with E-state index in [1.165, 1.54) is 0 Å². The lowest BCUT2D eigenvalue weighted by molar-refractivity contribution is 0.0198. The van der Waals surface area contributed by atoms with Gasteiger partial charge in [0.05, 0.1) is 44.0 Å². The van der Waals surface area contributed by atoms with Gasteiger partial charge in [0, 0.05) is 0 Å². The number of imidazole rings is 1. The number of hydrogen-bond donors (Lipinski definition) is 1. The normalized spacial score (nSPS) is 13.1. The molecule has 0 bridgehead atoms. The molecule has 0 radical (unpaired) electrons. The van der Waals surface area contributed by atoms with E-state index in [0.717, 1.165) is 33.9 Å². The third-order valence-electron chi connectivity index (χ3n) is 5.24. The second-order valence-electron chi connectivity index (χ2n) is 7.66. The summed E-state index contributed by atoms with van der Waals surface area (Å²) in [5.41, 5.74) is 2.86. The number of nitrogens with zero attached hydrogens (tertiary/aromatic N) is 2. The molecule has 1 heterocycles. The summed E-state index contributed by atoms with van der Waals surface area (Å²) in [6.45, 7) is 2.97. The van der Waals surface area contributed by atoms with Gasteiger partial charge >= 0.3 is 0 Å². The minimum atomic E-state index is -0.687. The quantitative estimate of drug-likeness (QED) is 0.391. The zero-order valence-electron chi connectivity index (χ0n) is 18.3. The van der Waals surface area contributed by atoms with Crippen LogP contribution in [0, 0.1) is 0 Å². The molecule has 166 valence electrons. The molecule has 4 rings (SSSR count). The van der Waals surface area contributed by atoms with Crippen molar-refractivity contribution >= 4 is 11.0 Å². The van der Waals surface area contributed by atoms with Crippen LogP contribution in [-0.2, 0) is 17.9 Å². The molecule has 4 aromatic rings. The molecule has 0 aliphatic rings. The van der Waals surface area contributed by atoms with Gasteiger partial charge in [-0.05, 0) is 48.9 Å². The molecule has 0 aliphatic carbocycles. The van der Waals surface area contributed by atoms with Crippen LogP contribution in [0.1, 0.15) is 24.4 Å². The predicted molar refractivity (Wildman–Crippen MR) is 124 cm³/mol. The topological polar surface area (TPSA) is 65.7 Å². The molecule has 6 nitrogen and oxygen atoms in total. The Hall–Kier alpha value is -3.35. The highest BCUT2D eigenvalue weighted by Crippen LogP contribution is 2.25. The molecule has 2 unspecified atom stereocenters. The van der Waals surface area contributed by atoms with Gasteiger partial charge in [-0.1, -0.05) is 42.5 Å². The van der Waals surface area contributed by atoms with Gasteiger partial charge in [0.25, 0.3) is 0 Å². The SMILES string of the molecule is COc1ccc(COCC(O)Cn2c(C(C)Oc3ccccc3)nc3ccccc32)cc1. The van der Waals surface area contributed by atoms with Crippen LogP contribution in [0.25, 0.3) is 11.0 Å². The van der Waals surface area contributed by atoms with Crippen LogP contribution in [0.5, 0.6) is 11.5 Å². The van der Waals surface area contributed by atoms with Crippen LogP contribution >= 0.6 is 0 Å². The molecule has 1 N–H and O–H groups in total. The minimum Gasteiger partial charge on any atom is -0.497 e. The van der Waals surface area contributed by atoms with Crippen molar-refractivity contribution in [2.75, 3.05) is 13.7 Å². The third-order valence-corrected chi connectivity index (χ3v) is 5.24. The zero-order valence-corrected chi connectivity index (χ0v) is 18.3. The lowest BCUT2D eigenvalue weighted by Crippen LogP contribution is -2.24. The van der Waals surface area contributed by atoms with Crippen LogP contribution in [0.15, 0.2) is 78.9 Å². The van der Waals surface area contributed by atoms with Crippen LogP contribution < -0.4 is 9.47 Å². The van der Waals surface area contributed by atoms with Crippen LogP contribution in [0.4, 0.5) is 0 Å². The Morgan fingerprint density at radius 3 is 2.38 bits per heavy atom. The van der Waals surface area contributed by atoms with Crippen molar-refractivity contribution in [3.8, 4) is 11.5 Å². The first-order chi connectivity index (χ1) is 15.6. The van der Waals surface area contributed by atoms with Gasteiger partial charge < -0.3 is 23.9 Å². The number of aromatic nitrogens is 2. The fourth-order valence-corrected chi connectivity index (χ4v) is 3.65. The van der Waals surface area contributed by atoms with E-state index in [9.17, 15) is 5.11 Å². The summed E-state index contributed by atoms with van der Waals surface area (Å²) < 4.78 is 19.1. The van der Waals surface area contributed by atoms with E-state index in [1.807, 2.05) is 90.4 Å². The van der Waals surface area contributed by atoms with Crippen molar-refractivity contribution in [3.05, 3.63) is 90.3 Å². The lowest BCUT2D eigenvalue weighted by atomic mass is 10.2. The first-order valence-corrected chi connectivity index (χ1v) is 10.7. The minimum absolute atomic E-state index is 0.214. The number of aliphatic hydroxyl groups excluding tert-OH is 1. The van der Waals surface area contributed by atoms with Crippen molar-refractivity contribution in [1.29, 1.82) is 0 Å². The Balaban J connectivity index is 1.44. The molecule has 32 heavy (non-hydrogen) atoms. The molecule has 0 fully saturated rings. The largest absolute Gasteiger partial charge is 0.497 e. The summed E-state index contributed by atoms with van der Waals surface area (Å²) in [6.07, 6.45) is -0.967. The smallest absolute Gasteiger partial charge is 0.153 e. The number of para-hydroxylation sites is 3. The van der Waals surface area contributed by atoms with Crippen molar-refractivity contribution in [2.24, 2.45) is 0 Å². The summed E-state index contributed by atoms with van der Waals surface area (Å²) in [5.74, 6) is 2.35. The number of ether oxygens (including phenoxy) is 3. The van der Waals surface area contributed by atoms with Gasteiger partial charge in [-0.15, -0.1) is 0 Å². The molecular formula is C26H28N2O4. The Labute approximate surface area is 188 Å². The Morgan fingerprint density at radius 2 is 1.62 bits per heavy atom. The number of hydrogen-bond acceptors (Lipinski definition) is 5. The molecule has 2 atom stereocenters. The van der Waals surface area contributed by atoms with Crippen molar-refractivity contribution in [3.63, 3.8) is 0 Å². The predicted octanol–water partition coefficient (Wildman–Crippen LogP) is 4.76. The monoisotopic (exact) mass is 432 g/mol. The fraction of sp³-hybridized carbons (Fsp3) is 0.269. The first kappa shape index (κ1) is 21.9. The number of rotatable bonds is 10. The van der Waals surface area contributed by atoms with Gasteiger partial charge in [0.15, 0.2) is 11.9 Å². The number of benzene rings is 3. The summed E-state index contributed by atoms with van der Waals surface area (Å²) in [4.78, 5) is 4.78. The molecule has 3 aromatic carbocycles. The molecule has 6 heteroatoms. The highest BCUT2D eigenvalue weighted by molar-refractivity contribution is 5.76. The molecular weight excluding hydrogens is 404 g/mol. The molecule has 0 saturated heterocycles. The van der Waals surface area contributed by atoms with E-state index >= 15 is 0 Å². The van der Waals surface area contributed by atoms with Crippen LogP contribution in [0.3, 0.4) is 0 Å². The Morgan fingerprint density at radius 1 is 0.906 bits per heavy atom. The Bertz CT molecular complexity index is 1130. The maximum Gasteiger partial charge on any atom is 0.153 e. The maximum absolute atomic E-state index is 10.7. The third kappa shape index (κ3) is 5.28. The molecule has 1 aromatic heterocycles. The number of fused-ring (bicyclic) bond motifs is 1. The first-order valence-electron chi connectivity index (χ1n) is 10.7. The summed E-state index contributed by atoms with van der Waals surface area (Å²) >= 11 is 0. The van der Waals surface area contributed by atoms with Gasteiger partial charge in [-0.25, -0.2) is 4.98 Å². The highest BCUT2D eigenvalue weighted by Gasteiger charge is 2.20. The molecule has 0 amide bonds. The van der Waals surface area contributed by atoms with Gasteiger partial charge in [0.2, 0.25) is 0 Å². The molecule has 0 saturated carbocycles. The van der Waals surface area contributed by atoms with E-state index < -0.39 is 6.10 Å². The zero-order chi connectivity index (χ0) is 22.3. The Kier molecular flexibility index (Phi) is 7.04. The lowest BCUT2D eigenvalue weighted by Gasteiger charge is -2.19. The number of methoxy groups -OCH3 is 1. The standard InChI is InChI=1S/C26H28N2O4/c1-19(32-23-8-4-3-5-9-23)26-27-24-10-6-7-11-25(24)28(26)16-21(29)18-31-17-20-12-14-22(30-2)15-13-20/h3-15,19,21,29H,16-18H2,1-2H3. The second kappa shape index (κ2) is 10.3. The summed E-state index contributed by atoms with van der Waals surface area (Å²) in [5, 5.41) is 10.7. The highest BCUT2D eigenvalue weighted by atomic mass is 16.5. The summed E-state index contributed by atoms with van der Waals surface area (Å²) in [6, 6.07) is 25.3. The van der Waals surface area contributed by atoms with Gasteiger partial charge in [-0.3, -0.25) is 0 Å². The second-order valence-corrected chi connectivity index (χ2v) is 7.66. The average molecular weight is 433 g/mol. The van der Waals surface area contributed by atoms with Crippen molar-refractivity contribution < 1.29 is 19.3 Å². The van der Waals surface area contributed by atoms with E-state index in [4.69, 9.17) is 19.2 Å². The number of aliphatic hydroxyl groups is 1. The van der Waals surface area contributed by atoms with Gasteiger partial charge in [0.1, 0.15) is 11.5 Å². The van der Waals surface area contributed by atoms with E-state index in [1.54, 1.807) is 7.11 Å². The van der Waals surface area contributed by atoms with Crippen molar-refractivity contribution in [1.82, 2.24) is 9.55 Å².